The third-order valence-electron chi connectivity index (χ3n) is 3.91. The Kier molecular flexibility index (Phi) is 4.63. The van der Waals surface area contributed by atoms with E-state index in [1.54, 1.807) is 12.1 Å². The van der Waals surface area contributed by atoms with Crippen molar-refractivity contribution in [1.82, 2.24) is 5.32 Å². The van der Waals surface area contributed by atoms with E-state index in [0.717, 1.165) is 6.42 Å². The van der Waals surface area contributed by atoms with E-state index in [1.807, 2.05) is 12.1 Å². The van der Waals surface area contributed by atoms with Gasteiger partial charge in [0, 0.05) is 18.3 Å². The van der Waals surface area contributed by atoms with Gasteiger partial charge >= 0.3 is 0 Å². The lowest BCUT2D eigenvalue weighted by atomic mass is 10.0. The highest BCUT2D eigenvalue weighted by atomic mass is 32.2. The van der Waals surface area contributed by atoms with Crippen LogP contribution in [0.5, 0.6) is 0 Å². The van der Waals surface area contributed by atoms with Crippen molar-refractivity contribution >= 4 is 9.84 Å². The Morgan fingerprint density at radius 2 is 1.79 bits per heavy atom. The van der Waals surface area contributed by atoms with Crippen LogP contribution in [-0.4, -0.2) is 20.7 Å². The van der Waals surface area contributed by atoms with E-state index in [9.17, 15) is 8.42 Å². The van der Waals surface area contributed by atoms with E-state index >= 15 is 0 Å². The summed E-state index contributed by atoms with van der Waals surface area (Å²) < 4.78 is 22.9. The second kappa shape index (κ2) is 6.06. The van der Waals surface area contributed by atoms with Gasteiger partial charge in [0.2, 0.25) is 0 Å². The molecule has 1 atom stereocenters. The molecule has 0 radical (unpaired) electrons. The molecule has 19 heavy (non-hydrogen) atoms. The average molecular weight is 281 g/mol. The molecule has 0 unspecified atom stereocenters. The SMILES string of the molecule is CC[C@H](NC1CCCC1)c1ccc(S(C)(=O)=O)cc1. The Morgan fingerprint density at radius 3 is 2.26 bits per heavy atom. The summed E-state index contributed by atoms with van der Waals surface area (Å²) in [4.78, 5) is 0.395. The van der Waals surface area contributed by atoms with Crippen LogP contribution in [0.15, 0.2) is 29.2 Å². The molecule has 1 aromatic carbocycles. The average Bonchev–Trinajstić information content (AvgIpc) is 2.88. The largest absolute Gasteiger partial charge is 0.307 e. The lowest BCUT2D eigenvalue weighted by Gasteiger charge is -2.22. The zero-order chi connectivity index (χ0) is 13.9. The molecule has 1 aliphatic carbocycles. The molecular weight excluding hydrogens is 258 g/mol. The molecule has 1 fully saturated rings. The Bertz CT molecular complexity index is 501. The minimum atomic E-state index is -3.09. The fourth-order valence-corrected chi connectivity index (χ4v) is 3.40. The zero-order valence-corrected chi connectivity index (χ0v) is 12.5. The van der Waals surface area contributed by atoms with E-state index in [1.165, 1.54) is 37.5 Å². The second-order valence-electron chi connectivity index (χ2n) is 5.45. The van der Waals surface area contributed by atoms with Crippen molar-refractivity contribution < 1.29 is 8.42 Å². The Labute approximate surface area is 116 Å². The molecule has 0 aliphatic heterocycles. The van der Waals surface area contributed by atoms with Gasteiger partial charge in [0.05, 0.1) is 4.90 Å². The van der Waals surface area contributed by atoms with Gasteiger partial charge in [0.25, 0.3) is 0 Å². The van der Waals surface area contributed by atoms with Gasteiger partial charge in [0.1, 0.15) is 0 Å². The maximum absolute atomic E-state index is 11.4. The van der Waals surface area contributed by atoms with E-state index in [-0.39, 0.29) is 0 Å². The summed E-state index contributed by atoms with van der Waals surface area (Å²) in [6.45, 7) is 2.16. The number of sulfone groups is 1. The summed E-state index contributed by atoms with van der Waals surface area (Å²) in [5, 5.41) is 3.69. The summed E-state index contributed by atoms with van der Waals surface area (Å²) in [7, 11) is -3.09. The number of nitrogens with one attached hydrogen (secondary N) is 1. The normalized spacial score (nSPS) is 18.6. The van der Waals surface area contributed by atoms with Gasteiger partial charge in [0.15, 0.2) is 9.84 Å². The number of hydrogen-bond donors (Lipinski definition) is 1. The van der Waals surface area contributed by atoms with Gasteiger partial charge in [-0.05, 0) is 37.0 Å². The molecule has 2 rings (SSSR count). The first-order chi connectivity index (χ1) is 9.00. The highest BCUT2D eigenvalue weighted by Crippen LogP contribution is 2.24. The van der Waals surface area contributed by atoms with Crippen molar-refractivity contribution in [1.29, 1.82) is 0 Å². The lowest BCUT2D eigenvalue weighted by Crippen LogP contribution is -2.30. The van der Waals surface area contributed by atoms with Crippen LogP contribution >= 0.6 is 0 Å². The van der Waals surface area contributed by atoms with Crippen LogP contribution in [0, 0.1) is 0 Å². The number of rotatable bonds is 5. The molecule has 0 heterocycles. The first kappa shape index (κ1) is 14.5. The summed E-state index contributed by atoms with van der Waals surface area (Å²) in [6, 6.07) is 8.25. The van der Waals surface area contributed by atoms with E-state index in [2.05, 4.69) is 12.2 Å². The van der Waals surface area contributed by atoms with Gasteiger partial charge in [-0.15, -0.1) is 0 Å². The van der Waals surface area contributed by atoms with Crippen LogP contribution in [0.25, 0.3) is 0 Å². The molecule has 3 nitrogen and oxygen atoms in total. The van der Waals surface area contributed by atoms with Crippen molar-refractivity contribution in [2.75, 3.05) is 6.26 Å². The number of benzene rings is 1. The van der Waals surface area contributed by atoms with Crippen LogP contribution < -0.4 is 5.32 Å². The molecule has 1 aromatic rings. The summed E-state index contributed by atoms with van der Waals surface area (Å²) in [6.07, 6.45) is 7.43. The molecule has 0 amide bonds. The Balaban J connectivity index is 2.10. The van der Waals surface area contributed by atoms with Gasteiger partial charge in [-0.3, -0.25) is 0 Å². The predicted molar refractivity (Wildman–Crippen MR) is 78.0 cm³/mol. The minimum absolute atomic E-state index is 0.330. The fourth-order valence-electron chi connectivity index (χ4n) is 2.77. The minimum Gasteiger partial charge on any atom is -0.307 e. The Hall–Kier alpha value is -0.870. The summed E-state index contributed by atoms with van der Waals surface area (Å²) in [5.74, 6) is 0. The monoisotopic (exact) mass is 281 g/mol. The van der Waals surface area contributed by atoms with Crippen molar-refractivity contribution in [2.45, 2.75) is 56.0 Å². The molecule has 1 saturated carbocycles. The third kappa shape index (κ3) is 3.80. The quantitative estimate of drug-likeness (QED) is 0.902. The van der Waals surface area contributed by atoms with E-state index in [4.69, 9.17) is 0 Å². The summed E-state index contributed by atoms with van der Waals surface area (Å²) in [5.41, 5.74) is 1.18. The second-order valence-corrected chi connectivity index (χ2v) is 7.47. The number of hydrogen-bond acceptors (Lipinski definition) is 3. The molecule has 1 N–H and O–H groups in total. The molecule has 0 saturated heterocycles. The predicted octanol–water partition coefficient (Wildman–Crippen LogP) is 3.07. The van der Waals surface area contributed by atoms with Crippen molar-refractivity contribution in [3.63, 3.8) is 0 Å². The molecule has 0 aromatic heterocycles. The maximum atomic E-state index is 11.4. The van der Waals surface area contributed by atoms with Crippen LogP contribution in [0.1, 0.15) is 50.6 Å². The van der Waals surface area contributed by atoms with Gasteiger partial charge < -0.3 is 5.32 Å². The summed E-state index contributed by atoms with van der Waals surface area (Å²) >= 11 is 0. The standard InChI is InChI=1S/C15H23NO2S/c1-3-15(16-13-6-4-5-7-13)12-8-10-14(11-9-12)19(2,17)18/h8-11,13,15-16H,3-7H2,1-2H3/t15-/m0/s1. The molecular formula is C15H23NO2S. The highest BCUT2D eigenvalue weighted by Gasteiger charge is 2.19. The van der Waals surface area contributed by atoms with Crippen LogP contribution in [0.2, 0.25) is 0 Å². The molecule has 0 bridgehead atoms. The third-order valence-corrected chi connectivity index (χ3v) is 5.04. The lowest BCUT2D eigenvalue weighted by molar-refractivity contribution is 0.430. The smallest absolute Gasteiger partial charge is 0.175 e. The van der Waals surface area contributed by atoms with Gasteiger partial charge in [-0.1, -0.05) is 31.9 Å². The molecule has 1 aliphatic rings. The maximum Gasteiger partial charge on any atom is 0.175 e. The topological polar surface area (TPSA) is 46.2 Å². The van der Waals surface area contributed by atoms with Crippen molar-refractivity contribution in [2.24, 2.45) is 0 Å². The molecule has 106 valence electrons. The molecule has 4 heteroatoms. The fraction of sp³-hybridized carbons (Fsp3) is 0.600. The van der Waals surface area contributed by atoms with Crippen LogP contribution in [-0.2, 0) is 9.84 Å². The Morgan fingerprint density at radius 1 is 1.21 bits per heavy atom. The van der Waals surface area contributed by atoms with Crippen molar-refractivity contribution in [3.05, 3.63) is 29.8 Å². The zero-order valence-electron chi connectivity index (χ0n) is 11.7. The molecule has 0 spiro atoms. The first-order valence-electron chi connectivity index (χ1n) is 7.06. The van der Waals surface area contributed by atoms with E-state index in [0.29, 0.717) is 17.0 Å². The van der Waals surface area contributed by atoms with E-state index < -0.39 is 9.84 Å². The van der Waals surface area contributed by atoms with Crippen LogP contribution in [0.3, 0.4) is 0 Å². The highest BCUT2D eigenvalue weighted by molar-refractivity contribution is 7.90. The first-order valence-corrected chi connectivity index (χ1v) is 8.96. The van der Waals surface area contributed by atoms with Gasteiger partial charge in [-0.25, -0.2) is 8.42 Å². The van der Waals surface area contributed by atoms with Crippen LogP contribution in [0.4, 0.5) is 0 Å². The van der Waals surface area contributed by atoms with Gasteiger partial charge in [-0.2, -0.15) is 0 Å². The van der Waals surface area contributed by atoms with Crippen molar-refractivity contribution in [3.8, 4) is 0 Å².